The summed E-state index contributed by atoms with van der Waals surface area (Å²) >= 11 is 0. The van der Waals surface area contributed by atoms with Gasteiger partial charge in [-0.05, 0) is 18.8 Å². The lowest BCUT2D eigenvalue weighted by Crippen LogP contribution is -2.69. The topological polar surface area (TPSA) is 69.6 Å². The number of nitrogens with one attached hydrogen (secondary N) is 1. The first-order valence-corrected chi connectivity index (χ1v) is 7.22. The lowest BCUT2D eigenvalue weighted by Gasteiger charge is -2.58. The third-order valence-electron chi connectivity index (χ3n) is 4.56. The predicted molar refractivity (Wildman–Crippen MR) is 71.9 cm³/mol. The van der Waals surface area contributed by atoms with Gasteiger partial charge in [0.25, 0.3) is 0 Å². The minimum Gasteiger partial charge on any atom is -0.481 e. The van der Waals surface area contributed by atoms with Gasteiger partial charge in [-0.2, -0.15) is 0 Å². The highest BCUT2D eigenvalue weighted by Gasteiger charge is 2.56. The fourth-order valence-corrected chi connectivity index (χ4v) is 3.93. The standard InChI is InChI=1S/C14H24N2O3/c1-10(2)12-14(6-3-4-7-14)9-16(12)13(19)15-8-5-11(17)18/h10,12H,3-9H2,1-2H3,(H,15,19)(H,17,18). The molecule has 0 bridgehead atoms. The van der Waals surface area contributed by atoms with Crippen LogP contribution in [-0.4, -0.2) is 41.1 Å². The summed E-state index contributed by atoms with van der Waals surface area (Å²) in [6.45, 7) is 5.39. The maximum atomic E-state index is 12.1. The van der Waals surface area contributed by atoms with E-state index in [9.17, 15) is 9.59 Å². The summed E-state index contributed by atoms with van der Waals surface area (Å²) in [5.74, 6) is -0.423. The molecule has 1 aliphatic carbocycles. The van der Waals surface area contributed by atoms with Crippen LogP contribution in [0.15, 0.2) is 0 Å². The van der Waals surface area contributed by atoms with E-state index in [0.29, 0.717) is 17.4 Å². The number of hydrogen-bond donors (Lipinski definition) is 2. The second-order valence-corrected chi connectivity index (χ2v) is 6.26. The molecule has 0 radical (unpaired) electrons. The van der Waals surface area contributed by atoms with Crippen molar-refractivity contribution in [3.05, 3.63) is 0 Å². The van der Waals surface area contributed by atoms with Gasteiger partial charge < -0.3 is 15.3 Å². The molecule has 2 aliphatic rings. The van der Waals surface area contributed by atoms with Crippen molar-refractivity contribution >= 4 is 12.0 Å². The van der Waals surface area contributed by atoms with Gasteiger partial charge in [-0.1, -0.05) is 26.7 Å². The van der Waals surface area contributed by atoms with Gasteiger partial charge in [0.1, 0.15) is 0 Å². The van der Waals surface area contributed by atoms with Crippen LogP contribution in [0.25, 0.3) is 0 Å². The summed E-state index contributed by atoms with van der Waals surface area (Å²) < 4.78 is 0. The van der Waals surface area contributed by atoms with E-state index in [1.54, 1.807) is 0 Å². The Labute approximate surface area is 114 Å². The molecule has 0 aromatic heterocycles. The van der Waals surface area contributed by atoms with Crippen LogP contribution in [0.5, 0.6) is 0 Å². The Morgan fingerprint density at radius 3 is 2.53 bits per heavy atom. The number of urea groups is 1. The molecule has 2 amide bonds. The van der Waals surface area contributed by atoms with Gasteiger partial charge in [-0.15, -0.1) is 0 Å². The van der Waals surface area contributed by atoms with Gasteiger partial charge in [0.15, 0.2) is 0 Å². The lowest BCUT2D eigenvalue weighted by atomic mass is 9.66. The van der Waals surface area contributed by atoms with Gasteiger partial charge in [0, 0.05) is 24.5 Å². The molecule has 1 spiro atoms. The molecule has 1 atom stereocenters. The van der Waals surface area contributed by atoms with E-state index in [1.165, 1.54) is 25.7 Å². The number of rotatable bonds is 4. The van der Waals surface area contributed by atoms with E-state index in [4.69, 9.17) is 5.11 Å². The summed E-state index contributed by atoms with van der Waals surface area (Å²) in [6.07, 6.45) is 5.00. The van der Waals surface area contributed by atoms with Crippen molar-refractivity contribution in [1.29, 1.82) is 0 Å². The SMILES string of the molecule is CC(C)C1N(C(=O)NCCC(=O)O)CC12CCCC2. The smallest absolute Gasteiger partial charge is 0.317 e. The van der Waals surface area contributed by atoms with E-state index in [0.717, 1.165) is 6.54 Å². The van der Waals surface area contributed by atoms with Gasteiger partial charge in [0.05, 0.1) is 6.42 Å². The molecule has 2 rings (SSSR count). The monoisotopic (exact) mass is 268 g/mol. The van der Waals surface area contributed by atoms with Crippen LogP contribution in [0, 0.1) is 11.3 Å². The highest BCUT2D eigenvalue weighted by molar-refractivity contribution is 5.76. The molecule has 0 aromatic carbocycles. The van der Waals surface area contributed by atoms with E-state index in [1.807, 2.05) is 4.90 Å². The zero-order valence-electron chi connectivity index (χ0n) is 11.8. The summed E-state index contributed by atoms with van der Waals surface area (Å²) in [4.78, 5) is 24.4. The first-order chi connectivity index (χ1) is 8.96. The van der Waals surface area contributed by atoms with Crippen molar-refractivity contribution in [1.82, 2.24) is 10.2 Å². The van der Waals surface area contributed by atoms with Crippen LogP contribution in [0.3, 0.4) is 0 Å². The van der Waals surface area contributed by atoms with Gasteiger partial charge >= 0.3 is 12.0 Å². The second-order valence-electron chi connectivity index (χ2n) is 6.26. The average molecular weight is 268 g/mol. The summed E-state index contributed by atoms with van der Waals surface area (Å²) in [7, 11) is 0. The molecular formula is C14H24N2O3. The molecule has 1 saturated carbocycles. The quantitative estimate of drug-likeness (QED) is 0.820. The van der Waals surface area contributed by atoms with E-state index < -0.39 is 5.97 Å². The molecule has 108 valence electrons. The zero-order valence-corrected chi connectivity index (χ0v) is 11.8. The van der Waals surface area contributed by atoms with Crippen LogP contribution in [0.4, 0.5) is 4.79 Å². The summed E-state index contributed by atoms with van der Waals surface area (Å²) in [5.41, 5.74) is 0.346. The highest BCUT2D eigenvalue weighted by Crippen LogP contribution is 2.52. The number of amides is 2. The largest absolute Gasteiger partial charge is 0.481 e. The number of carbonyl (C=O) groups excluding carboxylic acids is 1. The first-order valence-electron chi connectivity index (χ1n) is 7.22. The number of carboxylic acids is 1. The van der Waals surface area contributed by atoms with E-state index in [-0.39, 0.29) is 19.0 Å². The van der Waals surface area contributed by atoms with Gasteiger partial charge in [-0.25, -0.2) is 4.79 Å². The summed E-state index contributed by atoms with van der Waals surface area (Å²) in [6, 6.07) is 0.220. The van der Waals surface area contributed by atoms with Crippen LogP contribution in [0.1, 0.15) is 46.0 Å². The van der Waals surface area contributed by atoms with Crippen molar-refractivity contribution < 1.29 is 14.7 Å². The minimum absolute atomic E-state index is 0.0168. The summed E-state index contributed by atoms with van der Waals surface area (Å²) in [5, 5.41) is 11.3. The number of carbonyl (C=O) groups is 2. The molecule has 1 heterocycles. The maximum Gasteiger partial charge on any atom is 0.317 e. The maximum absolute atomic E-state index is 12.1. The molecular weight excluding hydrogens is 244 g/mol. The van der Waals surface area contributed by atoms with Crippen LogP contribution in [-0.2, 0) is 4.79 Å². The second kappa shape index (κ2) is 5.39. The number of aliphatic carboxylic acids is 1. The number of hydrogen-bond acceptors (Lipinski definition) is 2. The molecule has 2 N–H and O–H groups in total. The Balaban J connectivity index is 1.90. The average Bonchev–Trinajstić information content (AvgIpc) is 2.75. The third-order valence-corrected chi connectivity index (χ3v) is 4.56. The normalized spacial score (nSPS) is 24.6. The Hall–Kier alpha value is -1.26. The van der Waals surface area contributed by atoms with E-state index >= 15 is 0 Å². The Kier molecular flexibility index (Phi) is 4.02. The minimum atomic E-state index is -0.878. The van der Waals surface area contributed by atoms with Crippen molar-refractivity contribution in [2.24, 2.45) is 11.3 Å². The molecule has 1 unspecified atom stereocenters. The van der Waals surface area contributed by atoms with Crippen LogP contribution in [0.2, 0.25) is 0 Å². The number of carboxylic acid groups (broad SMARTS) is 1. The Morgan fingerprint density at radius 2 is 2.00 bits per heavy atom. The highest BCUT2D eigenvalue weighted by atomic mass is 16.4. The van der Waals surface area contributed by atoms with Crippen molar-refractivity contribution in [3.63, 3.8) is 0 Å². The van der Waals surface area contributed by atoms with Gasteiger partial charge in [-0.3, -0.25) is 4.79 Å². The molecule has 1 saturated heterocycles. The molecule has 0 aromatic rings. The Bertz CT molecular complexity index is 362. The third kappa shape index (κ3) is 2.69. The number of nitrogens with zero attached hydrogens (tertiary/aromatic N) is 1. The molecule has 5 heteroatoms. The van der Waals surface area contributed by atoms with Gasteiger partial charge in [0.2, 0.25) is 0 Å². The van der Waals surface area contributed by atoms with Crippen molar-refractivity contribution in [2.45, 2.75) is 52.0 Å². The van der Waals surface area contributed by atoms with Crippen LogP contribution < -0.4 is 5.32 Å². The number of likely N-dealkylation sites (tertiary alicyclic amines) is 1. The molecule has 19 heavy (non-hydrogen) atoms. The van der Waals surface area contributed by atoms with Crippen molar-refractivity contribution in [2.75, 3.05) is 13.1 Å². The molecule has 1 aliphatic heterocycles. The van der Waals surface area contributed by atoms with Crippen LogP contribution >= 0.6 is 0 Å². The fraction of sp³-hybridized carbons (Fsp3) is 0.857. The predicted octanol–water partition coefficient (Wildman–Crippen LogP) is 2.07. The molecule has 2 fully saturated rings. The Morgan fingerprint density at radius 1 is 1.37 bits per heavy atom. The van der Waals surface area contributed by atoms with Crippen molar-refractivity contribution in [3.8, 4) is 0 Å². The fourth-order valence-electron chi connectivity index (χ4n) is 3.93. The zero-order chi connectivity index (χ0) is 14.0. The first kappa shape index (κ1) is 14.2. The molecule has 5 nitrogen and oxygen atoms in total. The van der Waals surface area contributed by atoms with E-state index in [2.05, 4.69) is 19.2 Å². The lowest BCUT2D eigenvalue weighted by molar-refractivity contribution is -0.136.